The van der Waals surface area contributed by atoms with Crippen molar-refractivity contribution in [1.82, 2.24) is 9.97 Å². The largest absolute Gasteiger partial charge is 0.349 e. The molecule has 2 aromatic carbocycles. The lowest BCUT2D eigenvalue weighted by Gasteiger charge is -1.98. The van der Waals surface area contributed by atoms with Crippen LogP contribution in [0.5, 0.6) is 0 Å². The predicted molar refractivity (Wildman–Crippen MR) is 97.2 cm³/mol. The fraction of sp³-hybridized carbons (Fsp3) is 0.0500. The van der Waals surface area contributed by atoms with Crippen LogP contribution in [0.4, 0.5) is 0 Å². The van der Waals surface area contributed by atoms with Crippen molar-refractivity contribution in [2.24, 2.45) is 0 Å². The van der Waals surface area contributed by atoms with Crippen molar-refractivity contribution in [3.63, 3.8) is 0 Å². The van der Waals surface area contributed by atoms with Gasteiger partial charge < -0.3 is 0 Å². The summed E-state index contributed by atoms with van der Waals surface area (Å²) in [5, 5.41) is 2.70. The van der Waals surface area contributed by atoms with E-state index in [-0.39, 0.29) is 0 Å². The van der Waals surface area contributed by atoms with E-state index in [1.165, 1.54) is 31.3 Å². The van der Waals surface area contributed by atoms with Gasteiger partial charge in [0, 0.05) is 31.3 Å². The molecule has 0 saturated carbocycles. The minimum absolute atomic E-state index is 0.862. The third kappa shape index (κ3) is 1.53. The molecule has 112 valence electrons. The molecule has 0 bridgehead atoms. The molecule has 3 nitrogen and oxygen atoms in total. The fourth-order valence-corrected chi connectivity index (χ4v) is 4.87. The van der Waals surface area contributed by atoms with E-state index in [1.807, 2.05) is 35.9 Å². The van der Waals surface area contributed by atoms with Gasteiger partial charge in [-0.1, -0.05) is 18.2 Å². The normalized spacial score (nSPS) is 12.8. The Morgan fingerprint density at radius 3 is 2.88 bits per heavy atom. The first-order chi connectivity index (χ1) is 11.9. The highest BCUT2D eigenvalue weighted by atomic mass is 32.1. The number of rotatable bonds is 0. The average molecular weight is 326 g/mol. The van der Waals surface area contributed by atoms with E-state index in [0.29, 0.717) is 0 Å². The molecule has 0 fully saturated rings. The lowest BCUT2D eigenvalue weighted by Crippen LogP contribution is -2.34. The number of fused-ring (bicyclic) bond motifs is 8. The molecule has 0 atom stereocenters. The first-order valence-electron chi connectivity index (χ1n) is 7.96. The first-order valence-corrected chi connectivity index (χ1v) is 8.78. The van der Waals surface area contributed by atoms with Crippen LogP contribution in [0, 0.1) is 0 Å². The summed E-state index contributed by atoms with van der Waals surface area (Å²) in [6.07, 6.45) is 3.82. The average Bonchev–Trinajstić information content (AvgIpc) is 3.17. The second kappa shape index (κ2) is 4.36. The minimum Gasteiger partial charge on any atom is -0.244 e. The summed E-state index contributed by atoms with van der Waals surface area (Å²) >= 11 is 1.86. The molecule has 4 heterocycles. The maximum atomic E-state index is 4.59. The third-order valence-corrected chi connectivity index (χ3v) is 5.98. The highest BCUT2D eigenvalue weighted by molar-refractivity contribution is 7.25. The summed E-state index contributed by atoms with van der Waals surface area (Å²) in [7, 11) is 0. The number of thiophene rings is 1. The van der Waals surface area contributed by atoms with Crippen LogP contribution in [0.15, 0.2) is 60.9 Å². The van der Waals surface area contributed by atoms with Crippen LogP contribution in [0.3, 0.4) is 0 Å². The molecule has 0 unspecified atom stereocenters. The zero-order valence-corrected chi connectivity index (χ0v) is 13.5. The van der Waals surface area contributed by atoms with Crippen molar-refractivity contribution in [1.29, 1.82) is 0 Å². The summed E-state index contributed by atoms with van der Waals surface area (Å²) in [4.78, 5) is 9.14. The quantitative estimate of drug-likeness (QED) is 0.389. The Kier molecular flexibility index (Phi) is 2.28. The van der Waals surface area contributed by atoms with Gasteiger partial charge in [-0.25, -0.2) is 9.55 Å². The van der Waals surface area contributed by atoms with E-state index in [9.17, 15) is 0 Å². The van der Waals surface area contributed by atoms with E-state index < -0.39 is 0 Å². The third-order valence-electron chi connectivity index (χ3n) is 4.85. The highest BCUT2D eigenvalue weighted by Crippen LogP contribution is 2.39. The van der Waals surface area contributed by atoms with E-state index in [1.54, 1.807) is 0 Å². The lowest BCUT2D eigenvalue weighted by molar-refractivity contribution is -0.648. The predicted octanol–water partition coefficient (Wildman–Crippen LogP) is 4.31. The number of pyridine rings is 1. The zero-order valence-electron chi connectivity index (χ0n) is 12.7. The second-order valence-corrected chi connectivity index (χ2v) is 7.26. The Labute approximate surface area is 141 Å². The number of hydrogen-bond acceptors (Lipinski definition) is 3. The van der Waals surface area contributed by atoms with Crippen LogP contribution in [0.2, 0.25) is 0 Å². The number of benzene rings is 2. The summed E-state index contributed by atoms with van der Waals surface area (Å²) in [5.74, 6) is 0. The van der Waals surface area contributed by atoms with Gasteiger partial charge >= 0.3 is 5.65 Å². The van der Waals surface area contributed by atoms with Gasteiger partial charge in [0.05, 0.1) is 6.20 Å². The van der Waals surface area contributed by atoms with Crippen LogP contribution < -0.4 is 4.57 Å². The summed E-state index contributed by atoms with van der Waals surface area (Å²) in [6, 6.07) is 17.3. The molecule has 0 aliphatic carbocycles. The van der Waals surface area contributed by atoms with Crippen LogP contribution in [-0.4, -0.2) is 9.97 Å². The Bertz CT molecular complexity index is 1290. The Hall–Kier alpha value is -2.85. The van der Waals surface area contributed by atoms with Crippen molar-refractivity contribution in [3.8, 4) is 11.3 Å². The molecule has 0 amide bonds. The van der Waals surface area contributed by atoms with Gasteiger partial charge in [-0.05, 0) is 35.3 Å². The van der Waals surface area contributed by atoms with E-state index in [4.69, 9.17) is 0 Å². The van der Waals surface area contributed by atoms with Crippen LogP contribution >= 0.6 is 11.3 Å². The fourth-order valence-electron chi connectivity index (χ4n) is 3.74. The topological polar surface area (TPSA) is 29.7 Å². The van der Waals surface area contributed by atoms with E-state index in [2.05, 4.69) is 50.9 Å². The minimum atomic E-state index is 0.862. The highest BCUT2D eigenvalue weighted by Gasteiger charge is 2.27. The zero-order chi connectivity index (χ0) is 15.7. The van der Waals surface area contributed by atoms with Gasteiger partial charge in [0.15, 0.2) is 11.2 Å². The van der Waals surface area contributed by atoms with Crippen LogP contribution in [0.25, 0.3) is 42.6 Å². The number of hydrogen-bond donors (Lipinski definition) is 0. The van der Waals surface area contributed by atoms with Crippen LogP contribution in [-0.2, 0) is 6.54 Å². The Balaban J connectivity index is 1.69. The van der Waals surface area contributed by atoms with Crippen molar-refractivity contribution >= 4 is 42.7 Å². The summed E-state index contributed by atoms with van der Waals surface area (Å²) in [5.41, 5.74) is 5.71. The van der Waals surface area contributed by atoms with Crippen LogP contribution in [0.1, 0.15) is 5.56 Å². The molecular weight excluding hydrogens is 314 g/mol. The smallest absolute Gasteiger partial charge is 0.244 e. The molecular formula is C20H12N3S+. The molecule has 4 heteroatoms. The first kappa shape index (κ1) is 12.6. The molecule has 1 aliphatic heterocycles. The summed E-state index contributed by atoms with van der Waals surface area (Å²) in [6.45, 7) is 0.862. The molecule has 1 aliphatic rings. The molecule has 3 aromatic heterocycles. The van der Waals surface area contributed by atoms with E-state index >= 15 is 0 Å². The maximum Gasteiger partial charge on any atom is 0.349 e. The molecule has 6 rings (SSSR count). The van der Waals surface area contributed by atoms with Gasteiger partial charge in [-0.3, -0.25) is 0 Å². The molecule has 5 aromatic rings. The van der Waals surface area contributed by atoms with Crippen molar-refractivity contribution in [2.45, 2.75) is 6.54 Å². The van der Waals surface area contributed by atoms with Gasteiger partial charge in [0.1, 0.15) is 12.7 Å². The monoisotopic (exact) mass is 326 g/mol. The van der Waals surface area contributed by atoms with Gasteiger partial charge in [0.2, 0.25) is 0 Å². The molecule has 0 radical (unpaired) electrons. The van der Waals surface area contributed by atoms with Gasteiger partial charge in [-0.15, -0.1) is 11.3 Å². The molecule has 24 heavy (non-hydrogen) atoms. The van der Waals surface area contributed by atoms with Gasteiger partial charge in [0.25, 0.3) is 0 Å². The standard InChI is InChI=1S/C20H12N3S/c1-2-6-18-13(4-1)15-8-12-11-23-17(14(12)9-19(15)24-18)10-22-16-5-3-7-21-20(16)23/h1-10H,11H2/q+1. The maximum absolute atomic E-state index is 4.59. The van der Waals surface area contributed by atoms with Crippen molar-refractivity contribution in [2.75, 3.05) is 0 Å². The Morgan fingerprint density at radius 2 is 1.88 bits per heavy atom. The van der Waals surface area contributed by atoms with Crippen molar-refractivity contribution < 1.29 is 4.57 Å². The molecule has 0 saturated heterocycles. The Morgan fingerprint density at radius 1 is 0.917 bits per heavy atom. The molecule has 0 N–H and O–H groups in total. The lowest BCUT2D eigenvalue weighted by atomic mass is 10.0. The SMILES string of the molecule is c1cnc2c(c1)ncc1[n+]2Cc2cc3c(cc2-1)sc1ccccc13. The summed E-state index contributed by atoms with van der Waals surface area (Å²) < 4.78 is 4.96. The molecule has 0 spiro atoms. The number of nitrogens with zero attached hydrogens (tertiary/aromatic N) is 3. The van der Waals surface area contributed by atoms with Crippen molar-refractivity contribution in [3.05, 3.63) is 66.5 Å². The van der Waals surface area contributed by atoms with E-state index in [0.717, 1.165) is 23.4 Å². The van der Waals surface area contributed by atoms with Gasteiger partial charge in [-0.2, -0.15) is 0 Å². The number of aromatic nitrogens is 3. The second-order valence-electron chi connectivity index (χ2n) is 6.18.